The van der Waals surface area contributed by atoms with Crippen LogP contribution in [0, 0.1) is 6.92 Å². The van der Waals surface area contributed by atoms with Crippen LogP contribution in [0.1, 0.15) is 29.2 Å². The van der Waals surface area contributed by atoms with Gasteiger partial charge in [-0.3, -0.25) is 0 Å². The predicted molar refractivity (Wildman–Crippen MR) is 85.8 cm³/mol. The fourth-order valence-electron chi connectivity index (χ4n) is 2.65. The van der Waals surface area contributed by atoms with E-state index in [0.29, 0.717) is 6.04 Å². The molecule has 20 heavy (non-hydrogen) atoms. The van der Waals surface area contributed by atoms with Gasteiger partial charge in [0.1, 0.15) is 4.60 Å². The molecule has 0 radical (unpaired) electrons. The second-order valence-corrected chi connectivity index (χ2v) is 5.94. The summed E-state index contributed by atoms with van der Waals surface area (Å²) in [7, 11) is 0. The Morgan fingerprint density at radius 1 is 1.35 bits per heavy atom. The number of aromatic nitrogens is 1. The fourth-order valence-corrected chi connectivity index (χ4v) is 2.87. The lowest BCUT2D eigenvalue weighted by Gasteiger charge is -2.20. The SMILES string of the molecule is Cc1cc(NC2CCNCc3ccccc32)cnc1Br. The molecule has 1 aromatic carbocycles. The summed E-state index contributed by atoms with van der Waals surface area (Å²) >= 11 is 3.44. The first-order valence-corrected chi connectivity index (χ1v) is 7.70. The molecule has 2 heterocycles. The van der Waals surface area contributed by atoms with Crippen LogP contribution >= 0.6 is 15.9 Å². The van der Waals surface area contributed by atoms with Crippen molar-refractivity contribution in [2.24, 2.45) is 0 Å². The minimum atomic E-state index is 0.337. The van der Waals surface area contributed by atoms with Crippen molar-refractivity contribution >= 4 is 21.6 Å². The molecular weight excluding hydrogens is 314 g/mol. The van der Waals surface area contributed by atoms with Gasteiger partial charge in [0.15, 0.2) is 0 Å². The molecule has 1 atom stereocenters. The van der Waals surface area contributed by atoms with Gasteiger partial charge in [-0.2, -0.15) is 0 Å². The van der Waals surface area contributed by atoms with Crippen molar-refractivity contribution in [3.63, 3.8) is 0 Å². The van der Waals surface area contributed by atoms with E-state index < -0.39 is 0 Å². The lowest BCUT2D eigenvalue weighted by molar-refractivity contribution is 0.637. The minimum absolute atomic E-state index is 0.337. The van der Waals surface area contributed by atoms with Crippen molar-refractivity contribution in [2.75, 3.05) is 11.9 Å². The average molecular weight is 332 g/mol. The number of aryl methyl sites for hydroxylation is 1. The second-order valence-electron chi connectivity index (χ2n) is 5.19. The van der Waals surface area contributed by atoms with Crippen molar-refractivity contribution in [1.29, 1.82) is 0 Å². The Kier molecular flexibility index (Phi) is 4.03. The van der Waals surface area contributed by atoms with Crippen molar-refractivity contribution in [2.45, 2.75) is 25.9 Å². The molecule has 2 aromatic rings. The zero-order chi connectivity index (χ0) is 13.9. The summed E-state index contributed by atoms with van der Waals surface area (Å²) in [6, 6.07) is 11.1. The molecular formula is C16H18BrN3. The largest absolute Gasteiger partial charge is 0.377 e. The first kappa shape index (κ1) is 13.6. The molecule has 4 heteroatoms. The predicted octanol–water partition coefficient (Wildman–Crippen LogP) is 3.80. The third-order valence-electron chi connectivity index (χ3n) is 3.71. The quantitative estimate of drug-likeness (QED) is 0.822. The van der Waals surface area contributed by atoms with Crippen molar-refractivity contribution in [3.8, 4) is 0 Å². The molecule has 1 unspecified atom stereocenters. The second kappa shape index (κ2) is 5.94. The summed E-state index contributed by atoms with van der Waals surface area (Å²) in [5.41, 5.74) is 4.99. The summed E-state index contributed by atoms with van der Waals surface area (Å²) in [5, 5.41) is 7.10. The molecule has 0 fully saturated rings. The van der Waals surface area contributed by atoms with Gasteiger partial charge < -0.3 is 10.6 Å². The first-order chi connectivity index (χ1) is 9.74. The lowest BCUT2D eigenvalue weighted by atomic mass is 9.99. The Labute approximate surface area is 127 Å². The van der Waals surface area contributed by atoms with Crippen LogP contribution in [0.2, 0.25) is 0 Å². The number of hydrogen-bond acceptors (Lipinski definition) is 3. The molecule has 0 saturated carbocycles. The van der Waals surface area contributed by atoms with Gasteiger partial charge in [0, 0.05) is 6.54 Å². The van der Waals surface area contributed by atoms with Gasteiger partial charge in [-0.25, -0.2) is 4.98 Å². The molecule has 0 aliphatic carbocycles. The van der Waals surface area contributed by atoms with Crippen LogP contribution in [0.5, 0.6) is 0 Å². The van der Waals surface area contributed by atoms with E-state index in [-0.39, 0.29) is 0 Å². The van der Waals surface area contributed by atoms with Crippen LogP contribution in [0.25, 0.3) is 0 Å². The molecule has 0 amide bonds. The summed E-state index contributed by atoms with van der Waals surface area (Å²) in [4.78, 5) is 4.36. The Bertz CT molecular complexity index is 612. The van der Waals surface area contributed by atoms with Crippen molar-refractivity contribution in [3.05, 3.63) is 57.8 Å². The molecule has 1 aliphatic rings. The summed E-state index contributed by atoms with van der Waals surface area (Å²) in [5.74, 6) is 0. The monoisotopic (exact) mass is 331 g/mol. The third kappa shape index (κ3) is 2.86. The van der Waals surface area contributed by atoms with E-state index in [4.69, 9.17) is 0 Å². The molecule has 1 aromatic heterocycles. The van der Waals surface area contributed by atoms with Crippen LogP contribution in [0.3, 0.4) is 0 Å². The van der Waals surface area contributed by atoms with Gasteiger partial charge in [0.25, 0.3) is 0 Å². The van der Waals surface area contributed by atoms with E-state index in [9.17, 15) is 0 Å². The minimum Gasteiger partial charge on any atom is -0.377 e. The number of nitrogens with one attached hydrogen (secondary N) is 2. The number of rotatable bonds is 2. The highest BCUT2D eigenvalue weighted by Crippen LogP contribution is 2.28. The lowest BCUT2D eigenvalue weighted by Crippen LogP contribution is -2.15. The molecule has 3 rings (SSSR count). The van der Waals surface area contributed by atoms with Gasteiger partial charge in [-0.15, -0.1) is 0 Å². The Morgan fingerprint density at radius 2 is 2.20 bits per heavy atom. The Balaban J connectivity index is 1.88. The zero-order valence-electron chi connectivity index (χ0n) is 11.5. The van der Waals surface area contributed by atoms with Crippen molar-refractivity contribution in [1.82, 2.24) is 10.3 Å². The summed E-state index contributed by atoms with van der Waals surface area (Å²) in [6.45, 7) is 4.03. The molecule has 104 valence electrons. The number of pyridine rings is 1. The fraction of sp³-hybridized carbons (Fsp3) is 0.312. The van der Waals surface area contributed by atoms with Gasteiger partial charge in [-0.05, 0) is 58.6 Å². The number of nitrogens with zero attached hydrogens (tertiary/aromatic N) is 1. The normalized spacial score (nSPS) is 18.2. The topological polar surface area (TPSA) is 37.0 Å². The highest BCUT2D eigenvalue weighted by Gasteiger charge is 2.18. The van der Waals surface area contributed by atoms with Gasteiger partial charge in [-0.1, -0.05) is 24.3 Å². The molecule has 0 saturated heterocycles. The highest BCUT2D eigenvalue weighted by molar-refractivity contribution is 9.10. The standard InChI is InChI=1S/C16H18BrN3/c1-11-8-13(10-19-16(11)17)20-15-6-7-18-9-12-4-2-3-5-14(12)15/h2-5,8,10,15,18,20H,6-7,9H2,1H3. The smallest absolute Gasteiger partial charge is 0.109 e. The first-order valence-electron chi connectivity index (χ1n) is 6.91. The highest BCUT2D eigenvalue weighted by atomic mass is 79.9. The van der Waals surface area contributed by atoms with Crippen LogP contribution in [-0.2, 0) is 6.54 Å². The molecule has 0 bridgehead atoms. The van der Waals surface area contributed by atoms with E-state index in [0.717, 1.165) is 35.4 Å². The van der Waals surface area contributed by atoms with E-state index in [1.807, 2.05) is 6.20 Å². The Hall–Kier alpha value is -1.39. The maximum atomic E-state index is 4.36. The number of halogens is 1. The van der Waals surface area contributed by atoms with Crippen molar-refractivity contribution < 1.29 is 0 Å². The number of benzene rings is 1. The van der Waals surface area contributed by atoms with Crippen LogP contribution in [0.15, 0.2) is 41.1 Å². The number of anilines is 1. The number of hydrogen-bond donors (Lipinski definition) is 2. The third-order valence-corrected chi connectivity index (χ3v) is 4.54. The average Bonchev–Trinajstić information content (AvgIpc) is 2.66. The van der Waals surface area contributed by atoms with Gasteiger partial charge in [0.05, 0.1) is 17.9 Å². The van der Waals surface area contributed by atoms with Crippen LogP contribution in [-0.4, -0.2) is 11.5 Å². The van der Waals surface area contributed by atoms with Crippen LogP contribution in [0.4, 0.5) is 5.69 Å². The van der Waals surface area contributed by atoms with Gasteiger partial charge >= 0.3 is 0 Å². The summed E-state index contributed by atoms with van der Waals surface area (Å²) < 4.78 is 0.908. The summed E-state index contributed by atoms with van der Waals surface area (Å²) in [6.07, 6.45) is 2.96. The van der Waals surface area contributed by atoms with E-state index in [1.54, 1.807) is 0 Å². The maximum Gasteiger partial charge on any atom is 0.109 e. The number of fused-ring (bicyclic) bond motifs is 1. The zero-order valence-corrected chi connectivity index (χ0v) is 13.1. The van der Waals surface area contributed by atoms with E-state index in [2.05, 4.69) is 68.8 Å². The molecule has 3 nitrogen and oxygen atoms in total. The Morgan fingerprint density at radius 3 is 3.05 bits per heavy atom. The van der Waals surface area contributed by atoms with Crippen LogP contribution < -0.4 is 10.6 Å². The van der Waals surface area contributed by atoms with E-state index in [1.165, 1.54) is 11.1 Å². The van der Waals surface area contributed by atoms with E-state index >= 15 is 0 Å². The molecule has 0 spiro atoms. The molecule has 1 aliphatic heterocycles. The molecule has 2 N–H and O–H groups in total. The maximum absolute atomic E-state index is 4.36. The van der Waals surface area contributed by atoms with Gasteiger partial charge in [0.2, 0.25) is 0 Å².